The third-order valence-electron chi connectivity index (χ3n) is 4.50. The molecule has 166 valence electrons. The van der Waals surface area contributed by atoms with Gasteiger partial charge in [0.25, 0.3) is 0 Å². The van der Waals surface area contributed by atoms with Crippen molar-refractivity contribution in [3.8, 4) is 17.1 Å². The highest BCUT2D eigenvalue weighted by atomic mass is 35.5. The molecule has 4 aromatic rings. The van der Waals surface area contributed by atoms with Crippen molar-refractivity contribution in [1.82, 2.24) is 14.6 Å². The third kappa shape index (κ3) is 4.86. The second-order valence-electron chi connectivity index (χ2n) is 8.16. The number of aryl methyl sites for hydroxylation is 1. The van der Waals surface area contributed by atoms with Gasteiger partial charge in [-0.15, -0.1) is 5.10 Å². The molecule has 0 atom stereocenters. The van der Waals surface area contributed by atoms with Crippen LogP contribution >= 0.6 is 11.6 Å². The first-order chi connectivity index (χ1) is 15.2. The summed E-state index contributed by atoms with van der Waals surface area (Å²) < 4.78 is 18.5. The molecule has 0 unspecified atom stereocenters. The Morgan fingerprint density at radius 3 is 2.53 bits per heavy atom. The number of hydrogen-bond donors (Lipinski definition) is 1. The summed E-state index contributed by atoms with van der Waals surface area (Å²) in [4.78, 5) is 16.3. The zero-order valence-electron chi connectivity index (χ0n) is 18.2. The lowest BCUT2D eigenvalue weighted by Gasteiger charge is -2.19. The summed E-state index contributed by atoms with van der Waals surface area (Å²) in [6, 6.07) is 14.4. The number of halogens is 1. The largest absolute Gasteiger partial charge is 0.486 e. The molecule has 1 N–H and O–H groups in total. The molecule has 4 rings (SSSR count). The van der Waals surface area contributed by atoms with Gasteiger partial charge in [-0.25, -0.2) is 4.79 Å². The zero-order chi connectivity index (χ0) is 22.9. The number of oxazole rings is 1. The minimum absolute atomic E-state index is 0.205. The molecule has 0 aliphatic heterocycles. The molecule has 2 aromatic heterocycles. The van der Waals surface area contributed by atoms with Crippen LogP contribution < -0.4 is 10.1 Å². The van der Waals surface area contributed by atoms with E-state index in [0.29, 0.717) is 33.9 Å². The number of amides is 1. The highest BCUT2D eigenvalue weighted by Gasteiger charge is 2.18. The fourth-order valence-corrected chi connectivity index (χ4v) is 3.20. The fraction of sp³-hybridized carbons (Fsp3) is 0.261. The van der Waals surface area contributed by atoms with Crippen molar-refractivity contribution in [3.63, 3.8) is 0 Å². The molecule has 32 heavy (non-hydrogen) atoms. The van der Waals surface area contributed by atoms with Gasteiger partial charge in [-0.2, -0.15) is 9.50 Å². The van der Waals surface area contributed by atoms with Gasteiger partial charge in [-0.05, 0) is 64.1 Å². The molecule has 0 spiro atoms. The van der Waals surface area contributed by atoms with E-state index in [1.807, 2.05) is 45.9 Å². The molecule has 0 aliphatic carbocycles. The molecule has 0 saturated carbocycles. The summed E-state index contributed by atoms with van der Waals surface area (Å²) in [6.07, 6.45) is -0.510. The van der Waals surface area contributed by atoms with E-state index in [9.17, 15) is 4.79 Å². The molecular formula is C23H23ClN4O4. The smallest absolute Gasteiger partial charge is 0.412 e. The Kier molecular flexibility index (Phi) is 5.80. The number of aromatic nitrogens is 3. The maximum atomic E-state index is 11.9. The summed E-state index contributed by atoms with van der Waals surface area (Å²) in [7, 11) is 0. The summed E-state index contributed by atoms with van der Waals surface area (Å²) in [6.45, 7) is 7.52. The average Bonchev–Trinajstić information content (AvgIpc) is 3.25. The second kappa shape index (κ2) is 8.55. The molecule has 0 aliphatic rings. The van der Waals surface area contributed by atoms with Gasteiger partial charge in [-0.3, -0.25) is 5.32 Å². The van der Waals surface area contributed by atoms with Crippen LogP contribution in [0.15, 0.2) is 52.9 Å². The van der Waals surface area contributed by atoms with E-state index in [1.165, 1.54) is 0 Å². The average molecular weight is 455 g/mol. The Balaban J connectivity index is 1.41. The molecule has 8 nitrogen and oxygen atoms in total. The van der Waals surface area contributed by atoms with E-state index in [4.69, 9.17) is 25.5 Å². The normalized spacial score (nSPS) is 11.5. The number of benzene rings is 2. The molecule has 0 saturated heterocycles. The van der Waals surface area contributed by atoms with Crippen LogP contribution in [0.1, 0.15) is 32.2 Å². The van der Waals surface area contributed by atoms with Gasteiger partial charge in [0, 0.05) is 11.3 Å². The number of carbonyl (C=O) groups excluding carboxylic acids is 1. The van der Waals surface area contributed by atoms with Crippen LogP contribution in [0.3, 0.4) is 0 Å². The van der Waals surface area contributed by atoms with Crippen LogP contribution in [0.4, 0.5) is 10.5 Å². The summed E-state index contributed by atoms with van der Waals surface area (Å²) in [5, 5.41) is 7.76. The maximum absolute atomic E-state index is 11.9. The van der Waals surface area contributed by atoms with E-state index >= 15 is 0 Å². The van der Waals surface area contributed by atoms with Crippen LogP contribution in [0.2, 0.25) is 5.02 Å². The van der Waals surface area contributed by atoms with Gasteiger partial charge in [-0.1, -0.05) is 23.7 Å². The minimum Gasteiger partial charge on any atom is -0.486 e. The van der Waals surface area contributed by atoms with Crippen LogP contribution in [0, 0.1) is 6.92 Å². The van der Waals surface area contributed by atoms with E-state index in [2.05, 4.69) is 15.4 Å². The lowest BCUT2D eigenvalue weighted by molar-refractivity contribution is 0.0636. The molecule has 9 heteroatoms. The second-order valence-corrected chi connectivity index (χ2v) is 8.57. The predicted octanol–water partition coefficient (Wildman–Crippen LogP) is 5.88. The van der Waals surface area contributed by atoms with Gasteiger partial charge in [0.05, 0.1) is 10.7 Å². The van der Waals surface area contributed by atoms with Gasteiger partial charge in [0.1, 0.15) is 18.0 Å². The van der Waals surface area contributed by atoms with Crippen molar-refractivity contribution in [2.75, 3.05) is 5.32 Å². The summed E-state index contributed by atoms with van der Waals surface area (Å²) in [5.74, 6) is 2.10. The highest BCUT2D eigenvalue weighted by Crippen LogP contribution is 2.27. The molecule has 0 radical (unpaired) electrons. The fourth-order valence-electron chi connectivity index (χ4n) is 2.98. The van der Waals surface area contributed by atoms with Gasteiger partial charge < -0.3 is 13.9 Å². The number of ether oxygens (including phenoxy) is 2. The number of nitrogens with zero attached hydrogens (tertiary/aromatic N) is 3. The quantitative estimate of drug-likeness (QED) is 0.405. The number of fused-ring (bicyclic) bond motifs is 1. The van der Waals surface area contributed by atoms with Gasteiger partial charge in [0.15, 0.2) is 11.6 Å². The number of carbonyl (C=O) groups is 1. The molecule has 0 bridgehead atoms. The van der Waals surface area contributed by atoms with E-state index < -0.39 is 11.7 Å². The molecular weight excluding hydrogens is 432 g/mol. The highest BCUT2D eigenvalue weighted by molar-refractivity contribution is 6.33. The van der Waals surface area contributed by atoms with E-state index in [0.717, 1.165) is 11.3 Å². The molecule has 1 amide bonds. The lowest BCUT2D eigenvalue weighted by Crippen LogP contribution is -2.27. The molecule has 0 fully saturated rings. The monoisotopic (exact) mass is 454 g/mol. The van der Waals surface area contributed by atoms with Crippen molar-refractivity contribution >= 4 is 29.2 Å². The van der Waals surface area contributed by atoms with Crippen molar-refractivity contribution in [1.29, 1.82) is 0 Å². The Hall–Kier alpha value is -3.52. The number of hydrogen-bond acceptors (Lipinski definition) is 6. The topological polar surface area (TPSA) is 90.9 Å². The first-order valence-electron chi connectivity index (χ1n) is 10.0. The van der Waals surface area contributed by atoms with E-state index in [1.54, 1.807) is 34.8 Å². The maximum Gasteiger partial charge on any atom is 0.412 e. The molecule has 2 heterocycles. The Bertz CT molecular complexity index is 1260. The zero-order valence-corrected chi connectivity index (χ0v) is 18.9. The summed E-state index contributed by atoms with van der Waals surface area (Å²) in [5.41, 5.74) is 1.58. The Morgan fingerprint density at radius 1 is 1.16 bits per heavy atom. The van der Waals surface area contributed by atoms with Crippen LogP contribution in [0.25, 0.3) is 17.2 Å². The Morgan fingerprint density at radius 2 is 1.88 bits per heavy atom. The molecule has 2 aromatic carbocycles. The lowest BCUT2D eigenvalue weighted by atomic mass is 10.2. The van der Waals surface area contributed by atoms with Gasteiger partial charge in [0.2, 0.25) is 0 Å². The van der Waals surface area contributed by atoms with Gasteiger partial charge >= 0.3 is 11.9 Å². The van der Waals surface area contributed by atoms with Crippen molar-refractivity contribution in [2.45, 2.75) is 39.9 Å². The van der Waals surface area contributed by atoms with Crippen molar-refractivity contribution < 1.29 is 18.7 Å². The van der Waals surface area contributed by atoms with E-state index in [-0.39, 0.29) is 6.61 Å². The van der Waals surface area contributed by atoms with Crippen molar-refractivity contribution in [2.24, 2.45) is 0 Å². The first kappa shape index (κ1) is 21.7. The third-order valence-corrected chi connectivity index (χ3v) is 4.83. The first-order valence-corrected chi connectivity index (χ1v) is 10.4. The Labute approximate surface area is 190 Å². The van der Waals surface area contributed by atoms with Crippen LogP contribution in [0.5, 0.6) is 5.75 Å². The van der Waals surface area contributed by atoms with Crippen LogP contribution in [-0.4, -0.2) is 26.3 Å². The number of anilines is 1. The van der Waals surface area contributed by atoms with Crippen LogP contribution in [-0.2, 0) is 11.3 Å². The minimum atomic E-state index is -0.559. The summed E-state index contributed by atoms with van der Waals surface area (Å²) >= 11 is 6.24. The number of rotatable bonds is 5. The standard InChI is InChI=1S/C23H23ClN4O4/c1-14-19(31-21-26-20(27-28(14)21)17-7-5-6-8-18(17)24)13-30-16-11-9-15(10-12-16)25-22(29)32-23(2,3)4/h5-12H,13H2,1-4H3,(H,25,29). The SMILES string of the molecule is Cc1c(COc2ccc(NC(=O)OC(C)(C)C)cc2)oc2nc(-c3ccccc3Cl)nn12. The van der Waals surface area contributed by atoms with Crippen molar-refractivity contribution in [3.05, 3.63) is 65.0 Å². The number of nitrogens with one attached hydrogen (secondary N) is 1. The predicted molar refractivity (Wildman–Crippen MR) is 121 cm³/mol.